The number of benzene rings is 1. The van der Waals surface area contributed by atoms with Gasteiger partial charge in [0.25, 0.3) is 0 Å². The summed E-state index contributed by atoms with van der Waals surface area (Å²) in [4.78, 5) is 31.1. The van der Waals surface area contributed by atoms with Crippen LogP contribution in [0, 0.1) is 5.82 Å². The Morgan fingerprint density at radius 3 is 2.97 bits per heavy atom. The van der Waals surface area contributed by atoms with E-state index >= 15 is 4.39 Å². The van der Waals surface area contributed by atoms with Crippen molar-refractivity contribution in [3.63, 3.8) is 0 Å². The highest BCUT2D eigenvalue weighted by atomic mass is 32.1. The van der Waals surface area contributed by atoms with Gasteiger partial charge in [-0.15, -0.1) is 11.3 Å². The van der Waals surface area contributed by atoms with Crippen LogP contribution in [0.5, 0.6) is 0 Å². The number of aromatic carboxylic acids is 1. The van der Waals surface area contributed by atoms with Crippen molar-refractivity contribution in [2.75, 3.05) is 38.3 Å². The number of aromatic nitrogens is 1. The van der Waals surface area contributed by atoms with Gasteiger partial charge in [0.2, 0.25) is 5.43 Å². The number of halogens is 1. The number of pyridine rings is 1. The molecule has 2 N–H and O–H groups in total. The second-order valence-corrected chi connectivity index (χ2v) is 7.80. The van der Waals surface area contributed by atoms with E-state index in [4.69, 9.17) is 4.74 Å². The lowest BCUT2D eigenvalue weighted by molar-refractivity contribution is 0.00348. The molecule has 0 amide bonds. The van der Waals surface area contributed by atoms with Gasteiger partial charge in [-0.1, -0.05) is 0 Å². The number of carboxylic acid groups (broad SMARTS) is 1. The van der Waals surface area contributed by atoms with Crippen LogP contribution in [-0.4, -0.2) is 60.0 Å². The van der Waals surface area contributed by atoms with Crippen LogP contribution in [0.4, 0.5) is 10.1 Å². The van der Waals surface area contributed by atoms with Gasteiger partial charge < -0.3 is 19.8 Å². The van der Waals surface area contributed by atoms with E-state index in [1.54, 1.807) is 21.7 Å². The molecule has 0 bridgehead atoms. The largest absolute Gasteiger partial charge is 0.477 e. The van der Waals surface area contributed by atoms with Crippen molar-refractivity contribution < 1.29 is 24.1 Å². The summed E-state index contributed by atoms with van der Waals surface area (Å²) in [6, 6.07) is 1.11. The molecule has 0 unspecified atom stereocenters. The van der Waals surface area contributed by atoms with Crippen LogP contribution in [-0.2, 0) is 4.74 Å². The summed E-state index contributed by atoms with van der Waals surface area (Å²) in [6.07, 6.45) is -0.444. The fourth-order valence-corrected chi connectivity index (χ4v) is 5.29. The molecule has 1 aromatic carbocycles. The molecule has 1 aliphatic rings. The summed E-state index contributed by atoms with van der Waals surface area (Å²) in [7, 11) is 1.58. The van der Waals surface area contributed by atoms with E-state index < -0.39 is 23.3 Å². The molecule has 150 valence electrons. The van der Waals surface area contributed by atoms with Crippen LogP contribution < -0.4 is 15.7 Å². The van der Waals surface area contributed by atoms with Crippen LogP contribution in [0.3, 0.4) is 0 Å². The Balaban J connectivity index is 1.96. The van der Waals surface area contributed by atoms with E-state index in [0.29, 0.717) is 46.3 Å². The van der Waals surface area contributed by atoms with Crippen molar-refractivity contribution in [2.24, 2.45) is 4.99 Å². The fourth-order valence-electron chi connectivity index (χ4n) is 4.26. The zero-order valence-electron chi connectivity index (χ0n) is 15.3. The highest BCUT2D eigenvalue weighted by Crippen LogP contribution is 2.36. The third-order valence-electron chi connectivity index (χ3n) is 5.44. The molecule has 8 nitrogen and oxygen atoms in total. The standard InChI is InChI=1S/C19H16FN3O5S/c1-21-14-11-7-29-18-13(19(26)27)17(25)9-4-10(20)16(12(14)15(9)23(11)18)22-2-3-28-8(5-22)6-24/h4,7-8,24H,2-3,5-6H2,1H3,(H,26,27)/t8-/m1/s1. The molecule has 0 saturated carbocycles. The number of ether oxygens (including phenoxy) is 1. The van der Waals surface area contributed by atoms with Gasteiger partial charge in [0.1, 0.15) is 16.2 Å². The molecule has 0 radical (unpaired) electrons. The van der Waals surface area contributed by atoms with Gasteiger partial charge in [-0.05, 0) is 6.07 Å². The average molecular weight is 417 g/mol. The second kappa shape index (κ2) is 6.34. The minimum absolute atomic E-state index is 0.0152. The molecule has 1 fully saturated rings. The first-order valence-corrected chi connectivity index (χ1v) is 9.86. The minimum atomic E-state index is -1.34. The maximum atomic E-state index is 15.4. The van der Waals surface area contributed by atoms with Crippen LogP contribution in [0.25, 0.3) is 26.6 Å². The number of hydrogen-bond donors (Lipinski definition) is 2. The fraction of sp³-hybridized carbons (Fsp3) is 0.316. The van der Waals surface area contributed by atoms with Crippen LogP contribution in [0.1, 0.15) is 10.4 Å². The zero-order chi connectivity index (χ0) is 20.4. The molecule has 5 rings (SSSR count). The maximum Gasteiger partial charge on any atom is 0.342 e. The number of carbonyl (C=O) groups is 1. The molecule has 3 aromatic heterocycles. The molecule has 4 aromatic rings. The van der Waals surface area contributed by atoms with E-state index in [2.05, 4.69) is 4.99 Å². The number of anilines is 1. The van der Waals surface area contributed by atoms with Crippen molar-refractivity contribution in [2.45, 2.75) is 6.10 Å². The quantitative estimate of drug-likeness (QED) is 0.518. The molecule has 4 heterocycles. The predicted octanol–water partition coefficient (Wildman–Crippen LogP) is 1.11. The van der Waals surface area contributed by atoms with Crippen molar-refractivity contribution >= 4 is 49.6 Å². The Morgan fingerprint density at radius 1 is 1.48 bits per heavy atom. The van der Waals surface area contributed by atoms with Crippen molar-refractivity contribution in [1.29, 1.82) is 0 Å². The Labute approximate surface area is 166 Å². The normalized spacial score (nSPS) is 18.7. The Kier molecular flexibility index (Phi) is 3.99. The van der Waals surface area contributed by atoms with Crippen molar-refractivity contribution in [3.05, 3.63) is 38.4 Å². The van der Waals surface area contributed by atoms with E-state index in [0.717, 1.165) is 17.4 Å². The minimum Gasteiger partial charge on any atom is -0.477 e. The summed E-state index contributed by atoms with van der Waals surface area (Å²) in [5, 5.41) is 21.8. The number of aliphatic hydroxyl groups excluding tert-OH is 1. The van der Waals surface area contributed by atoms with Crippen molar-refractivity contribution in [1.82, 2.24) is 4.40 Å². The number of nitrogens with zero attached hydrogens (tertiary/aromatic N) is 3. The van der Waals surface area contributed by atoms with Gasteiger partial charge in [0.15, 0.2) is 0 Å². The molecule has 1 atom stereocenters. The Bertz CT molecular complexity index is 1390. The van der Waals surface area contributed by atoms with E-state index in [1.165, 1.54) is 0 Å². The highest BCUT2D eigenvalue weighted by Gasteiger charge is 2.30. The topological polar surface area (TPSA) is 104 Å². The molecule has 0 spiro atoms. The van der Waals surface area contributed by atoms with Crippen LogP contribution in [0.2, 0.25) is 0 Å². The summed E-state index contributed by atoms with van der Waals surface area (Å²) in [6.45, 7) is 0.853. The molecule has 0 aliphatic carbocycles. The lowest BCUT2D eigenvalue weighted by atomic mass is 10.1. The monoisotopic (exact) mass is 417 g/mol. The third-order valence-corrected chi connectivity index (χ3v) is 6.39. The van der Waals surface area contributed by atoms with Gasteiger partial charge in [0.05, 0.1) is 52.2 Å². The maximum absolute atomic E-state index is 15.4. The van der Waals surface area contributed by atoms with Crippen molar-refractivity contribution in [3.8, 4) is 0 Å². The molecule has 10 heteroatoms. The number of hydrogen-bond acceptors (Lipinski definition) is 7. The van der Waals surface area contributed by atoms with E-state index in [9.17, 15) is 19.8 Å². The SMILES string of the molecule is CN=c1c2c(N3CCO[C@@H](CO)C3)c(F)cc3c(=O)c(C(=O)O)c4scc1n4c32. The molecular formula is C19H16FN3O5S. The lowest BCUT2D eigenvalue weighted by Crippen LogP contribution is -2.44. The lowest BCUT2D eigenvalue weighted by Gasteiger charge is -2.34. The van der Waals surface area contributed by atoms with Gasteiger partial charge >= 0.3 is 5.97 Å². The molecule has 1 aliphatic heterocycles. The Morgan fingerprint density at radius 2 is 2.28 bits per heavy atom. The van der Waals surface area contributed by atoms with Crippen LogP contribution >= 0.6 is 11.3 Å². The smallest absolute Gasteiger partial charge is 0.342 e. The zero-order valence-corrected chi connectivity index (χ0v) is 16.1. The van der Waals surface area contributed by atoms with E-state index in [-0.39, 0.29) is 23.2 Å². The first kappa shape index (κ1) is 18.2. The molecular weight excluding hydrogens is 401 g/mol. The first-order chi connectivity index (χ1) is 14.0. The van der Waals surface area contributed by atoms with E-state index in [1.807, 2.05) is 0 Å². The number of aliphatic hydroxyl groups is 1. The number of morpholine rings is 1. The number of rotatable bonds is 3. The third kappa shape index (κ3) is 2.33. The number of carboxylic acids is 1. The summed E-state index contributed by atoms with van der Waals surface area (Å²) in [5.74, 6) is -1.97. The van der Waals surface area contributed by atoms with Gasteiger partial charge in [-0.3, -0.25) is 14.2 Å². The predicted molar refractivity (Wildman–Crippen MR) is 106 cm³/mol. The van der Waals surface area contributed by atoms with Gasteiger partial charge in [-0.2, -0.15) is 0 Å². The summed E-state index contributed by atoms with van der Waals surface area (Å²) in [5.41, 5.74) is 0.317. The van der Waals surface area contributed by atoms with Crippen LogP contribution in [0.15, 0.2) is 21.2 Å². The summed E-state index contributed by atoms with van der Waals surface area (Å²) < 4.78 is 22.5. The molecule has 29 heavy (non-hydrogen) atoms. The number of thiazole rings is 1. The van der Waals surface area contributed by atoms with Gasteiger partial charge in [-0.25, -0.2) is 9.18 Å². The second-order valence-electron chi connectivity index (χ2n) is 6.94. The summed E-state index contributed by atoms with van der Waals surface area (Å²) >= 11 is 1.15. The highest BCUT2D eigenvalue weighted by molar-refractivity contribution is 7.16. The Hall–Kier alpha value is -2.82. The molecule has 1 saturated heterocycles. The van der Waals surface area contributed by atoms with Gasteiger partial charge in [0, 0.05) is 25.5 Å². The average Bonchev–Trinajstić information content (AvgIpc) is 3.26. The first-order valence-electron chi connectivity index (χ1n) is 8.98.